The van der Waals surface area contributed by atoms with Gasteiger partial charge in [0, 0.05) is 44.1 Å². The van der Waals surface area contributed by atoms with Crippen LogP contribution in [0.4, 0.5) is 18.9 Å². The molecule has 3 aromatic rings. The summed E-state index contributed by atoms with van der Waals surface area (Å²) >= 11 is 12.0. The van der Waals surface area contributed by atoms with E-state index in [1.165, 1.54) is 16.8 Å². The molecule has 0 spiro atoms. The number of tetrazole rings is 1. The Morgan fingerprint density at radius 1 is 0.903 bits per heavy atom. The molecule has 1 aliphatic rings. The first kappa shape index (κ1) is 21.5. The molecule has 2 aromatic carbocycles. The summed E-state index contributed by atoms with van der Waals surface area (Å²) in [5.74, 6) is 0.513. The molecular weight excluding hydrogens is 452 g/mol. The summed E-state index contributed by atoms with van der Waals surface area (Å²) in [5.41, 5.74) is 0.608. The molecule has 6 nitrogen and oxygen atoms in total. The van der Waals surface area contributed by atoms with Crippen LogP contribution in [0.5, 0.6) is 0 Å². The number of anilines is 1. The second-order valence-corrected chi connectivity index (χ2v) is 7.75. The molecule has 1 aromatic heterocycles. The number of benzene rings is 2. The fraction of sp³-hybridized carbons (Fsp3) is 0.250. The molecule has 31 heavy (non-hydrogen) atoms. The zero-order valence-corrected chi connectivity index (χ0v) is 17.6. The van der Waals surface area contributed by atoms with Crippen molar-refractivity contribution < 1.29 is 13.2 Å². The van der Waals surface area contributed by atoms with Crippen LogP contribution in [0.3, 0.4) is 0 Å². The molecule has 4 rings (SSSR count). The van der Waals surface area contributed by atoms with Crippen molar-refractivity contribution in [1.29, 1.82) is 0 Å². The highest BCUT2D eigenvalue weighted by atomic mass is 35.5. The van der Waals surface area contributed by atoms with Gasteiger partial charge in [-0.05, 0) is 46.8 Å². The van der Waals surface area contributed by atoms with Gasteiger partial charge in [0.2, 0.25) is 0 Å². The Kier molecular flexibility index (Phi) is 6.06. The van der Waals surface area contributed by atoms with Gasteiger partial charge in [-0.1, -0.05) is 29.3 Å². The largest absolute Gasteiger partial charge is 0.416 e. The van der Waals surface area contributed by atoms with Crippen molar-refractivity contribution in [2.24, 2.45) is 0 Å². The quantitative estimate of drug-likeness (QED) is 0.551. The molecule has 1 fully saturated rings. The lowest BCUT2D eigenvalue weighted by Crippen LogP contribution is -2.44. The van der Waals surface area contributed by atoms with Crippen LogP contribution in [0.1, 0.15) is 11.4 Å². The highest BCUT2D eigenvalue weighted by molar-refractivity contribution is 6.42. The summed E-state index contributed by atoms with van der Waals surface area (Å²) in [6.45, 7) is 2.51. The number of nitrogens with zero attached hydrogens (tertiary/aromatic N) is 6. The number of piperazine rings is 1. The molecule has 0 bridgehead atoms. The van der Waals surface area contributed by atoms with Gasteiger partial charge in [0.1, 0.15) is 0 Å². The average Bonchev–Trinajstić information content (AvgIpc) is 3.23. The third kappa shape index (κ3) is 4.94. The van der Waals surface area contributed by atoms with Crippen LogP contribution in [-0.4, -0.2) is 51.3 Å². The Morgan fingerprint density at radius 2 is 1.68 bits per heavy atom. The minimum Gasteiger partial charge on any atom is -0.374 e. The van der Waals surface area contributed by atoms with Crippen molar-refractivity contribution in [2.75, 3.05) is 31.1 Å². The smallest absolute Gasteiger partial charge is 0.374 e. The predicted octanol–water partition coefficient (Wildman–Crippen LogP) is 4.78. The van der Waals surface area contributed by atoms with Crippen molar-refractivity contribution in [3.05, 3.63) is 70.1 Å². The molecule has 11 heteroatoms. The summed E-state index contributed by atoms with van der Waals surface area (Å²) in [6.07, 6.45) is -0.690. The summed E-state index contributed by atoms with van der Waals surface area (Å²) in [4.78, 5) is 4.01. The number of aromatic nitrogens is 4. The normalized spacial score (nSPS) is 15.1. The van der Waals surface area contributed by atoms with Crippen LogP contribution in [0, 0.1) is 0 Å². The SMILES string of the molecule is FC(F)(F)c1cccc(N2CCN(/C=C\c3nnnn3-c3ccc(Cl)c(Cl)c3)CC2)c1. The van der Waals surface area contributed by atoms with E-state index in [1.807, 2.05) is 11.1 Å². The maximum atomic E-state index is 13.0. The van der Waals surface area contributed by atoms with E-state index in [-0.39, 0.29) is 0 Å². The van der Waals surface area contributed by atoms with Crippen molar-refractivity contribution in [3.8, 4) is 5.69 Å². The Hall–Kier alpha value is -2.78. The topological polar surface area (TPSA) is 50.1 Å². The summed E-state index contributed by atoms with van der Waals surface area (Å²) in [6, 6.07) is 10.5. The third-order valence-electron chi connectivity index (χ3n) is 4.93. The molecule has 0 amide bonds. The summed E-state index contributed by atoms with van der Waals surface area (Å²) in [5, 5.41) is 12.6. The van der Waals surface area contributed by atoms with E-state index in [9.17, 15) is 13.2 Å². The lowest BCUT2D eigenvalue weighted by molar-refractivity contribution is -0.137. The maximum Gasteiger partial charge on any atom is 0.416 e. The minimum absolute atomic E-state index is 0.398. The highest BCUT2D eigenvalue weighted by Gasteiger charge is 2.31. The number of alkyl halides is 3. The molecule has 2 heterocycles. The lowest BCUT2D eigenvalue weighted by atomic mass is 10.1. The van der Waals surface area contributed by atoms with Crippen molar-refractivity contribution in [2.45, 2.75) is 6.18 Å². The number of hydrogen-bond donors (Lipinski definition) is 0. The average molecular weight is 469 g/mol. The first-order valence-electron chi connectivity index (χ1n) is 9.39. The molecule has 0 radical (unpaired) electrons. The van der Waals surface area contributed by atoms with E-state index in [2.05, 4.69) is 20.4 Å². The standard InChI is InChI=1S/C20H17Cl2F3N6/c21-17-5-4-16(13-18(17)22)31-19(26-27-28-31)6-7-29-8-10-30(11-9-29)15-3-1-2-14(12-15)20(23,24)25/h1-7,12-13H,8-11H2/b7-6-. The molecule has 162 valence electrons. The van der Waals surface area contributed by atoms with Crippen LogP contribution in [0.25, 0.3) is 11.8 Å². The highest BCUT2D eigenvalue weighted by Crippen LogP contribution is 2.32. The lowest BCUT2D eigenvalue weighted by Gasteiger charge is -2.35. The first-order valence-corrected chi connectivity index (χ1v) is 10.1. The fourth-order valence-electron chi connectivity index (χ4n) is 3.28. The Balaban J connectivity index is 1.41. The van der Waals surface area contributed by atoms with E-state index in [1.54, 1.807) is 30.3 Å². The first-order chi connectivity index (χ1) is 14.8. The van der Waals surface area contributed by atoms with Crippen LogP contribution in [-0.2, 0) is 6.18 Å². The number of halogens is 5. The Labute approximate surface area is 186 Å². The van der Waals surface area contributed by atoms with E-state index in [0.29, 0.717) is 53.4 Å². The minimum atomic E-state index is -4.35. The fourth-order valence-corrected chi connectivity index (χ4v) is 3.57. The summed E-state index contributed by atoms with van der Waals surface area (Å²) in [7, 11) is 0. The van der Waals surface area contributed by atoms with Crippen molar-refractivity contribution >= 4 is 35.0 Å². The van der Waals surface area contributed by atoms with Gasteiger partial charge in [0.15, 0.2) is 5.82 Å². The van der Waals surface area contributed by atoms with E-state index >= 15 is 0 Å². The Morgan fingerprint density at radius 3 is 2.39 bits per heavy atom. The van der Waals surface area contributed by atoms with Gasteiger partial charge in [-0.25, -0.2) is 0 Å². The molecule has 0 saturated carbocycles. The van der Waals surface area contributed by atoms with Crippen molar-refractivity contribution in [1.82, 2.24) is 25.1 Å². The van der Waals surface area contributed by atoms with Gasteiger partial charge in [-0.3, -0.25) is 0 Å². The molecular formula is C20H17Cl2F3N6. The second kappa shape index (κ2) is 8.76. The van der Waals surface area contributed by atoms with Crippen LogP contribution < -0.4 is 4.90 Å². The molecule has 1 saturated heterocycles. The van der Waals surface area contributed by atoms with Crippen LogP contribution >= 0.6 is 23.2 Å². The predicted molar refractivity (Wildman–Crippen MR) is 113 cm³/mol. The maximum absolute atomic E-state index is 13.0. The van der Waals surface area contributed by atoms with Gasteiger partial charge < -0.3 is 9.80 Å². The van der Waals surface area contributed by atoms with Gasteiger partial charge in [-0.15, -0.1) is 5.10 Å². The third-order valence-corrected chi connectivity index (χ3v) is 5.67. The van der Waals surface area contributed by atoms with Crippen LogP contribution in [0.2, 0.25) is 10.0 Å². The number of rotatable bonds is 4. The monoisotopic (exact) mass is 468 g/mol. The molecule has 0 N–H and O–H groups in total. The van der Waals surface area contributed by atoms with Gasteiger partial charge >= 0.3 is 6.18 Å². The Bertz CT molecular complexity index is 1090. The number of hydrogen-bond acceptors (Lipinski definition) is 5. The zero-order valence-electron chi connectivity index (χ0n) is 16.1. The van der Waals surface area contributed by atoms with Crippen LogP contribution in [0.15, 0.2) is 48.7 Å². The van der Waals surface area contributed by atoms with E-state index in [0.717, 1.165) is 6.07 Å². The molecule has 0 unspecified atom stereocenters. The zero-order chi connectivity index (χ0) is 22.0. The van der Waals surface area contributed by atoms with Gasteiger partial charge in [-0.2, -0.15) is 17.9 Å². The molecule has 0 atom stereocenters. The summed E-state index contributed by atoms with van der Waals surface area (Å²) < 4.78 is 40.4. The molecule has 0 aliphatic carbocycles. The van der Waals surface area contributed by atoms with Crippen molar-refractivity contribution in [3.63, 3.8) is 0 Å². The van der Waals surface area contributed by atoms with E-state index in [4.69, 9.17) is 23.2 Å². The second-order valence-electron chi connectivity index (χ2n) is 6.93. The van der Waals surface area contributed by atoms with E-state index < -0.39 is 11.7 Å². The van der Waals surface area contributed by atoms with Gasteiger partial charge in [0.25, 0.3) is 0 Å². The molecule has 1 aliphatic heterocycles. The van der Waals surface area contributed by atoms with Gasteiger partial charge in [0.05, 0.1) is 21.3 Å².